The molecule has 5 N–H and O–H groups in total. The number of carbonyl (C=O) groups excluding carboxylic acids is 5. The molecule has 6 heterocycles. The highest BCUT2D eigenvalue weighted by Gasteiger charge is 2.53. The first kappa shape index (κ1) is 61.0. The van der Waals surface area contributed by atoms with E-state index in [0.29, 0.717) is 20.7 Å². The average molecular weight is 1260 g/mol. The molecule has 0 bridgehead atoms. The van der Waals surface area contributed by atoms with Gasteiger partial charge in [-0.05, 0) is 87.7 Å². The molecule has 10 aromatic rings. The zero-order valence-corrected chi connectivity index (χ0v) is 47.8. The lowest BCUT2D eigenvalue weighted by Gasteiger charge is -2.24. The second-order valence-electron chi connectivity index (χ2n) is 19.7. The van der Waals surface area contributed by atoms with Gasteiger partial charge >= 0.3 is 29.9 Å². The summed E-state index contributed by atoms with van der Waals surface area (Å²) in [5, 5.41) is 42.7. The predicted molar refractivity (Wildman–Crippen MR) is 317 cm³/mol. The van der Waals surface area contributed by atoms with E-state index >= 15 is 0 Å². The molecule has 90 heavy (non-hydrogen) atoms. The van der Waals surface area contributed by atoms with Gasteiger partial charge in [0.1, 0.15) is 43.1 Å². The number of carbonyl (C=O) groups is 5. The maximum Gasteiger partial charge on any atom is 0.473 e. The number of aliphatic hydroxyl groups is 3. The molecule has 0 saturated carbocycles. The summed E-state index contributed by atoms with van der Waals surface area (Å²) in [7, 11) is 0. The number of nitro groups is 1. The van der Waals surface area contributed by atoms with E-state index in [4.69, 9.17) is 57.4 Å². The van der Waals surface area contributed by atoms with Crippen LogP contribution < -0.4 is 15.4 Å². The Kier molecular flexibility index (Phi) is 18.1. The number of aliphatic hydroxyl groups excluding tert-OH is 3. The van der Waals surface area contributed by atoms with Crippen molar-refractivity contribution in [1.29, 1.82) is 0 Å². The first-order chi connectivity index (χ1) is 43.6. The molecular weight excluding hydrogens is 1210 g/mol. The highest BCUT2D eigenvalue weighted by Crippen LogP contribution is 2.40. The van der Waals surface area contributed by atoms with Crippen molar-refractivity contribution < 1.29 is 72.6 Å². The molecule has 2 amide bonds. The van der Waals surface area contributed by atoms with Gasteiger partial charge in [0, 0.05) is 17.2 Å². The third-order valence-electron chi connectivity index (χ3n) is 14.0. The minimum absolute atomic E-state index is 0.0468. The van der Waals surface area contributed by atoms with E-state index in [9.17, 15) is 49.4 Å². The van der Waals surface area contributed by atoms with Crippen molar-refractivity contribution >= 4 is 92.8 Å². The number of fused-ring (bicyclic) bond motifs is 2. The van der Waals surface area contributed by atoms with Gasteiger partial charge in [-0.25, -0.2) is 29.3 Å². The second-order valence-corrected chi connectivity index (χ2v) is 20.5. The van der Waals surface area contributed by atoms with Gasteiger partial charge in [0.2, 0.25) is 5.65 Å². The monoisotopic (exact) mass is 1260 g/mol. The minimum Gasteiger partial charge on any atom is -0.459 e. The van der Waals surface area contributed by atoms with Crippen LogP contribution in [0.5, 0.6) is 11.8 Å². The van der Waals surface area contributed by atoms with E-state index in [2.05, 4.69) is 29.9 Å². The number of ether oxygens (including phenoxy) is 6. The molecule has 27 nitrogen and oxygen atoms in total. The van der Waals surface area contributed by atoms with E-state index < -0.39 is 109 Å². The Labute approximate surface area is 517 Å². The molecule has 12 rings (SSSR count). The lowest BCUT2D eigenvalue weighted by atomic mass is 10.1. The number of hydrogen-bond donors (Lipinski definition) is 4. The topological polar surface area (TPSA) is 361 Å². The number of amides is 2. The highest BCUT2D eigenvalue weighted by molar-refractivity contribution is 6.42. The van der Waals surface area contributed by atoms with Crippen LogP contribution in [0.25, 0.3) is 22.3 Å². The van der Waals surface area contributed by atoms with Gasteiger partial charge < -0.3 is 59.6 Å². The summed E-state index contributed by atoms with van der Waals surface area (Å²) in [6.07, 6.45) is -8.00. The Morgan fingerprint density at radius 2 is 1.08 bits per heavy atom. The predicted octanol–water partition coefficient (Wildman–Crippen LogP) is 7.55. The maximum atomic E-state index is 14.3. The molecule has 0 spiro atoms. The minimum atomic E-state index is -1.57. The average Bonchev–Trinajstić information content (AvgIpc) is 1.60. The Balaban J connectivity index is 0.000000247. The maximum absolute atomic E-state index is 14.3. The van der Waals surface area contributed by atoms with Gasteiger partial charge in [-0.1, -0.05) is 114 Å². The molecule has 2 saturated heterocycles. The number of anilines is 2. The Morgan fingerprint density at radius 3 is 1.60 bits per heavy atom. The number of halogens is 2. The number of benzene rings is 6. The first-order valence-electron chi connectivity index (χ1n) is 27.1. The number of nitrogens with zero attached hydrogens (tertiary/aromatic N) is 10. The fourth-order valence-electron chi connectivity index (χ4n) is 9.60. The fraction of sp³-hybridized carbons (Fsp3) is 0.164. The number of aromatic nitrogens is 8. The van der Waals surface area contributed by atoms with Gasteiger partial charge in [-0.3, -0.25) is 18.7 Å². The van der Waals surface area contributed by atoms with Crippen LogP contribution in [0.15, 0.2) is 183 Å². The zero-order chi connectivity index (χ0) is 63.2. The summed E-state index contributed by atoms with van der Waals surface area (Å²) in [4.78, 5) is 107. The Hall–Kier alpha value is -10.7. The molecule has 0 unspecified atom stereocenters. The van der Waals surface area contributed by atoms with Gasteiger partial charge in [0.15, 0.2) is 47.2 Å². The number of imide groups is 1. The van der Waals surface area contributed by atoms with Crippen molar-refractivity contribution in [1.82, 2.24) is 39.0 Å². The zero-order valence-electron chi connectivity index (χ0n) is 46.3. The molecule has 29 heteroatoms. The van der Waals surface area contributed by atoms with Crippen molar-refractivity contribution in [3.05, 3.63) is 230 Å². The van der Waals surface area contributed by atoms with Crippen LogP contribution in [0.3, 0.4) is 0 Å². The SMILES string of the molecule is Nc1nc(Oc2ccc(Cl)c(Cl)c2)nc2c1ncn2[C@@H]1O[C@H](CO)[C@@H](O)[C@H]1O.O=C(OC[C@H]1O[C@@H](n2cnc3c(N(C(=O)c4ccccc4)C(=O)c4ccccc4)nc([N+](=O)[O-])nc32)[C@H](OC(=O)c2ccccc2)[C@@H]1OC(=O)c1ccccc1)c1ccccc1. The molecule has 2 aliphatic heterocycles. The third kappa shape index (κ3) is 12.8. The molecular formula is C61H47Cl2N11O16. The number of nitrogen functional groups attached to an aromatic ring is 1. The summed E-state index contributed by atoms with van der Waals surface area (Å²) in [5.74, 6) is -5.41. The lowest BCUT2D eigenvalue weighted by Crippen LogP contribution is -2.41. The summed E-state index contributed by atoms with van der Waals surface area (Å²) in [6, 6.07) is 43.9. The van der Waals surface area contributed by atoms with Crippen LogP contribution in [0.4, 0.5) is 17.6 Å². The molecule has 456 valence electrons. The lowest BCUT2D eigenvalue weighted by molar-refractivity contribution is -0.394. The number of imidazole rings is 2. The van der Waals surface area contributed by atoms with Gasteiger partial charge in [-0.15, -0.1) is 0 Å². The molecule has 6 aromatic carbocycles. The summed E-state index contributed by atoms with van der Waals surface area (Å²) in [6.45, 7) is -0.988. The number of nitrogens with two attached hydrogens (primary N) is 1. The molecule has 0 radical (unpaired) electrons. The van der Waals surface area contributed by atoms with E-state index in [0.717, 1.165) is 10.9 Å². The summed E-state index contributed by atoms with van der Waals surface area (Å²) >= 11 is 11.9. The quantitative estimate of drug-likeness (QED) is 0.0238. The summed E-state index contributed by atoms with van der Waals surface area (Å²) < 4.78 is 37.8. The fourth-order valence-corrected chi connectivity index (χ4v) is 9.89. The van der Waals surface area contributed by atoms with Crippen LogP contribution >= 0.6 is 23.2 Å². The van der Waals surface area contributed by atoms with Crippen LogP contribution in [0, 0.1) is 10.1 Å². The van der Waals surface area contributed by atoms with Crippen LogP contribution in [0.2, 0.25) is 10.0 Å². The Morgan fingerprint density at radius 1 is 0.589 bits per heavy atom. The smallest absolute Gasteiger partial charge is 0.459 e. The van der Waals surface area contributed by atoms with E-state index in [1.807, 2.05) is 0 Å². The van der Waals surface area contributed by atoms with E-state index in [-0.39, 0.29) is 62.0 Å². The van der Waals surface area contributed by atoms with Crippen molar-refractivity contribution in [2.75, 3.05) is 23.8 Å². The molecule has 2 fully saturated rings. The van der Waals surface area contributed by atoms with Crippen molar-refractivity contribution in [3.8, 4) is 11.8 Å². The number of esters is 3. The van der Waals surface area contributed by atoms with Crippen LogP contribution in [0.1, 0.15) is 64.2 Å². The van der Waals surface area contributed by atoms with Crippen molar-refractivity contribution in [2.45, 2.75) is 49.1 Å². The normalized spacial score (nSPS) is 19.3. The van der Waals surface area contributed by atoms with Crippen LogP contribution in [-0.2, 0) is 23.7 Å². The molecule has 8 atom stereocenters. The highest BCUT2D eigenvalue weighted by atomic mass is 35.5. The van der Waals surface area contributed by atoms with Gasteiger partial charge in [0.05, 0.1) is 39.7 Å². The van der Waals surface area contributed by atoms with E-state index in [1.165, 1.54) is 77.6 Å². The molecule has 0 aliphatic carbocycles. The summed E-state index contributed by atoms with van der Waals surface area (Å²) in [5.41, 5.74) is 6.38. The van der Waals surface area contributed by atoms with Crippen molar-refractivity contribution in [2.24, 2.45) is 0 Å². The van der Waals surface area contributed by atoms with Crippen molar-refractivity contribution in [3.63, 3.8) is 0 Å². The second kappa shape index (κ2) is 26.8. The van der Waals surface area contributed by atoms with Crippen LogP contribution in [-0.4, -0.2) is 139 Å². The Bertz CT molecular complexity index is 4240. The van der Waals surface area contributed by atoms with Gasteiger partial charge in [0.25, 0.3) is 17.6 Å². The largest absolute Gasteiger partial charge is 0.473 e. The van der Waals surface area contributed by atoms with E-state index in [1.54, 1.807) is 103 Å². The molecule has 4 aromatic heterocycles. The third-order valence-corrected chi connectivity index (χ3v) is 14.7. The first-order valence-corrected chi connectivity index (χ1v) is 27.8. The number of rotatable bonds is 16. The van der Waals surface area contributed by atoms with Gasteiger partial charge in [-0.2, -0.15) is 9.97 Å². The number of hydrogen-bond acceptors (Lipinski definition) is 23. The standard InChI is InChI=1S/C45H32N6O11.C16H15Cl2N5O5/c52-39(28-16-6-1-7-17-28)50(40(53)29-18-8-2-9-19-29)38-34-37(47-45(48-38)51(57)58)49(27-46-34)41-36(62-44(56)32-24-14-5-15-25-32)35(61-43(55)31-22-12-4-13-23-31)33(60-41)26-59-42(54)30-20-10-3-11-21-30;17-7-2-1-6(3-8(7)18)27-16-21-13(19)10-14(22-16)23(5-20-10)15-12(26)11(25)9(4-24)28-15/h1-25,27,33,35-36,41H,26H2;1-3,5,9,11-12,15,24-26H,4H2,(H2,19,21,22)/t33-,35-,36-,41-;9-,11-,12-,15-/m11/s1. The molecule has 2 aliphatic rings.